The van der Waals surface area contributed by atoms with Gasteiger partial charge in [0.15, 0.2) is 0 Å². The van der Waals surface area contributed by atoms with Crippen molar-refractivity contribution in [1.82, 2.24) is 10.3 Å². The molecule has 1 unspecified atom stereocenters. The zero-order chi connectivity index (χ0) is 25.7. The van der Waals surface area contributed by atoms with Gasteiger partial charge in [-0.15, -0.1) is 0 Å². The number of unbranched alkanes of at least 4 members (excludes halogenated alkanes) is 1. The van der Waals surface area contributed by atoms with Gasteiger partial charge in [-0.3, -0.25) is 9.59 Å². The summed E-state index contributed by atoms with van der Waals surface area (Å²) in [6.45, 7) is 6.06. The Kier molecular flexibility index (Phi) is 7.93. The number of aryl methyl sites for hydroxylation is 2. The van der Waals surface area contributed by atoms with Gasteiger partial charge >= 0.3 is 5.97 Å². The second-order valence-corrected chi connectivity index (χ2v) is 9.29. The van der Waals surface area contributed by atoms with Crippen LogP contribution in [0.2, 0.25) is 0 Å². The third kappa shape index (κ3) is 5.88. The van der Waals surface area contributed by atoms with Gasteiger partial charge in [-0.25, -0.2) is 9.37 Å². The lowest BCUT2D eigenvalue weighted by Crippen LogP contribution is -2.31. The number of nitrogens with one attached hydrogen (secondary N) is 1. The van der Waals surface area contributed by atoms with E-state index in [1.807, 2.05) is 37.3 Å². The topological polar surface area (TPSA) is 79.3 Å². The molecule has 1 aromatic heterocycles. The van der Waals surface area contributed by atoms with Crippen molar-refractivity contribution in [3.63, 3.8) is 0 Å². The van der Waals surface area contributed by atoms with Gasteiger partial charge in [-0.1, -0.05) is 24.8 Å². The van der Waals surface area contributed by atoms with E-state index < -0.39 is 5.97 Å². The van der Waals surface area contributed by atoms with Gasteiger partial charge in [0.1, 0.15) is 5.82 Å². The third-order valence-electron chi connectivity index (χ3n) is 6.64. The maximum atomic E-state index is 13.7. The van der Waals surface area contributed by atoms with Crippen molar-refractivity contribution in [2.24, 2.45) is 0 Å². The molecule has 1 heterocycles. The number of carbonyl (C=O) groups excluding carboxylic acids is 1. The van der Waals surface area contributed by atoms with Crippen LogP contribution in [0.5, 0.6) is 0 Å². The molecule has 0 fully saturated rings. The molecule has 36 heavy (non-hydrogen) atoms. The SMILES string of the molecule is C=C(C=CC)c1nc2ccc(C(=O)NC3CCCc4cc(F)ccc43)cc2cc1CCCCC(=O)O. The van der Waals surface area contributed by atoms with Crippen LogP contribution in [0.1, 0.15) is 77.8 Å². The molecule has 186 valence electrons. The molecule has 0 saturated carbocycles. The van der Waals surface area contributed by atoms with Crippen molar-refractivity contribution in [3.05, 3.63) is 95.0 Å². The first-order valence-electron chi connectivity index (χ1n) is 12.4. The number of carboxylic acids is 1. The highest BCUT2D eigenvalue weighted by molar-refractivity contribution is 5.98. The van der Waals surface area contributed by atoms with Gasteiger partial charge in [0.05, 0.1) is 17.3 Å². The second kappa shape index (κ2) is 11.3. The summed E-state index contributed by atoms with van der Waals surface area (Å²) in [6, 6.07) is 12.1. The molecule has 4 rings (SSSR count). The van der Waals surface area contributed by atoms with E-state index in [4.69, 9.17) is 10.1 Å². The molecule has 1 atom stereocenters. The van der Waals surface area contributed by atoms with Crippen molar-refractivity contribution in [2.45, 2.75) is 57.9 Å². The molecule has 2 N–H and O–H groups in total. The zero-order valence-corrected chi connectivity index (χ0v) is 20.5. The molecule has 0 bridgehead atoms. The Morgan fingerprint density at radius 2 is 2.03 bits per heavy atom. The number of aliphatic carboxylic acids is 1. The minimum absolute atomic E-state index is 0.132. The fraction of sp³-hybridized carbons (Fsp3) is 0.300. The largest absolute Gasteiger partial charge is 0.481 e. The number of halogens is 1. The van der Waals surface area contributed by atoms with Crippen LogP contribution in [0, 0.1) is 5.82 Å². The highest BCUT2D eigenvalue weighted by Gasteiger charge is 2.23. The highest BCUT2D eigenvalue weighted by Crippen LogP contribution is 2.31. The van der Waals surface area contributed by atoms with Gasteiger partial charge < -0.3 is 10.4 Å². The number of carboxylic acid groups (broad SMARTS) is 1. The summed E-state index contributed by atoms with van der Waals surface area (Å²) in [5, 5.41) is 12.9. The minimum Gasteiger partial charge on any atom is -0.481 e. The van der Waals surface area contributed by atoms with Gasteiger partial charge in [0.2, 0.25) is 0 Å². The van der Waals surface area contributed by atoms with Crippen LogP contribution in [-0.2, 0) is 17.6 Å². The summed E-state index contributed by atoms with van der Waals surface area (Å²) in [4.78, 5) is 28.9. The average Bonchev–Trinajstić information content (AvgIpc) is 2.85. The average molecular weight is 487 g/mol. The standard InChI is InChI=1S/C30H31FN2O3/c1-3-7-19(2)29-21(8-4-5-11-28(34)35)16-23-17-22(12-15-26(23)32-29)30(36)33-27-10-6-9-20-18-24(31)13-14-25(20)27/h3,7,12-18,27H,2,4-6,8-11H2,1H3,(H,33,36)(H,34,35). The number of benzene rings is 2. The van der Waals surface area contributed by atoms with Crippen LogP contribution in [0.25, 0.3) is 16.5 Å². The Morgan fingerprint density at radius 1 is 1.19 bits per heavy atom. The van der Waals surface area contributed by atoms with E-state index in [0.29, 0.717) is 18.4 Å². The monoisotopic (exact) mass is 486 g/mol. The van der Waals surface area contributed by atoms with Crippen LogP contribution in [0.4, 0.5) is 4.39 Å². The fourth-order valence-corrected chi connectivity index (χ4v) is 4.88. The molecule has 1 aliphatic carbocycles. The summed E-state index contributed by atoms with van der Waals surface area (Å²) in [5.41, 5.74) is 5.80. The molecule has 0 radical (unpaired) electrons. The number of rotatable bonds is 9. The fourth-order valence-electron chi connectivity index (χ4n) is 4.88. The van der Waals surface area contributed by atoms with Gasteiger partial charge in [-0.05, 0) is 104 Å². The maximum Gasteiger partial charge on any atom is 0.303 e. The van der Waals surface area contributed by atoms with Crippen molar-refractivity contribution < 1.29 is 19.1 Å². The van der Waals surface area contributed by atoms with Crippen molar-refractivity contribution in [1.29, 1.82) is 0 Å². The van der Waals surface area contributed by atoms with E-state index in [-0.39, 0.29) is 24.2 Å². The molecule has 1 aliphatic rings. The van der Waals surface area contributed by atoms with Crippen LogP contribution in [0.15, 0.2) is 61.2 Å². The molecule has 5 nitrogen and oxygen atoms in total. The van der Waals surface area contributed by atoms with Crippen molar-refractivity contribution in [2.75, 3.05) is 0 Å². The first-order valence-corrected chi connectivity index (χ1v) is 12.4. The minimum atomic E-state index is -0.799. The summed E-state index contributed by atoms with van der Waals surface area (Å²) < 4.78 is 13.7. The van der Waals surface area contributed by atoms with E-state index in [9.17, 15) is 14.0 Å². The Bertz CT molecular complexity index is 1350. The number of hydrogen-bond donors (Lipinski definition) is 2. The Morgan fingerprint density at radius 3 is 2.81 bits per heavy atom. The van der Waals surface area contributed by atoms with Crippen LogP contribution < -0.4 is 5.32 Å². The third-order valence-corrected chi connectivity index (χ3v) is 6.64. The normalized spacial score (nSPS) is 15.1. The van der Waals surface area contributed by atoms with E-state index >= 15 is 0 Å². The number of nitrogens with zero attached hydrogens (tertiary/aromatic N) is 1. The van der Waals surface area contributed by atoms with E-state index in [1.54, 1.807) is 18.2 Å². The van der Waals surface area contributed by atoms with Crippen LogP contribution in [-0.4, -0.2) is 22.0 Å². The molecule has 2 aromatic carbocycles. The van der Waals surface area contributed by atoms with Gasteiger partial charge in [0, 0.05) is 17.4 Å². The van der Waals surface area contributed by atoms with E-state index in [1.165, 1.54) is 6.07 Å². The molecule has 0 spiro atoms. The first-order chi connectivity index (χ1) is 17.4. The second-order valence-electron chi connectivity index (χ2n) is 9.29. The number of fused-ring (bicyclic) bond motifs is 2. The Balaban J connectivity index is 1.59. The molecule has 0 saturated heterocycles. The summed E-state index contributed by atoms with van der Waals surface area (Å²) >= 11 is 0. The molecule has 6 heteroatoms. The van der Waals surface area contributed by atoms with Crippen molar-refractivity contribution in [3.8, 4) is 0 Å². The molecular formula is C30H31FN2O3. The van der Waals surface area contributed by atoms with Crippen LogP contribution >= 0.6 is 0 Å². The summed E-state index contributed by atoms with van der Waals surface area (Å²) in [6.07, 6.45) is 8.45. The van der Waals surface area contributed by atoms with Gasteiger partial charge in [0.25, 0.3) is 5.91 Å². The lowest BCUT2D eigenvalue weighted by atomic mass is 9.87. The smallest absolute Gasteiger partial charge is 0.303 e. The summed E-state index contributed by atoms with van der Waals surface area (Å²) in [7, 11) is 0. The van der Waals surface area contributed by atoms with Crippen LogP contribution in [0.3, 0.4) is 0 Å². The molecule has 1 amide bonds. The number of allylic oxidation sites excluding steroid dienone is 3. The predicted molar refractivity (Wildman–Crippen MR) is 140 cm³/mol. The Labute approximate surface area is 210 Å². The highest BCUT2D eigenvalue weighted by atomic mass is 19.1. The van der Waals surface area contributed by atoms with E-state index in [0.717, 1.165) is 64.5 Å². The number of pyridine rings is 1. The van der Waals surface area contributed by atoms with E-state index in [2.05, 4.69) is 11.9 Å². The molecule has 3 aromatic rings. The quantitative estimate of drug-likeness (QED) is 0.265. The van der Waals surface area contributed by atoms with Gasteiger partial charge in [-0.2, -0.15) is 0 Å². The molecular weight excluding hydrogens is 455 g/mol. The number of carbonyl (C=O) groups is 2. The predicted octanol–water partition coefficient (Wildman–Crippen LogP) is 6.57. The summed E-state index contributed by atoms with van der Waals surface area (Å²) in [5.74, 6) is -1.23. The number of amides is 1. The molecule has 0 aliphatic heterocycles. The zero-order valence-electron chi connectivity index (χ0n) is 20.5. The lowest BCUT2D eigenvalue weighted by molar-refractivity contribution is -0.137. The van der Waals surface area contributed by atoms with Crippen molar-refractivity contribution >= 4 is 28.4 Å². The lowest BCUT2D eigenvalue weighted by Gasteiger charge is -2.26. The maximum absolute atomic E-state index is 13.7. The number of hydrogen-bond acceptors (Lipinski definition) is 3. The first kappa shape index (κ1) is 25.3. The number of aromatic nitrogens is 1. The Hall–Kier alpha value is -3.80.